The van der Waals surface area contributed by atoms with E-state index in [0.717, 1.165) is 101 Å². The molecule has 3 aliphatic heterocycles. The highest BCUT2D eigenvalue weighted by molar-refractivity contribution is 5.96. The van der Waals surface area contributed by atoms with Gasteiger partial charge in [0.05, 0.1) is 6.61 Å². The standard InChI is InChI=1S/C34H49N5O2/c1-36-18-22-38(23-19-36)30-11-9-29(10-12-30)32(40)4-2-3-27-5-7-28(8-6-27)14-17-37-20-24-39(25-21-37)34-31-15-26-41-33(31)13-16-35-34/h9-13,16,27-28H,2-8,14-15,17-26H2,1H3. The summed E-state index contributed by atoms with van der Waals surface area (Å²) in [5.74, 6) is 4.18. The normalized spacial score (nSPS) is 23.8. The number of rotatable bonds is 10. The lowest BCUT2D eigenvalue weighted by Crippen LogP contribution is -2.47. The van der Waals surface area contributed by atoms with Crippen LogP contribution in [-0.4, -0.2) is 93.1 Å². The lowest BCUT2D eigenvalue weighted by molar-refractivity contribution is 0.0975. The molecule has 1 aliphatic carbocycles. The second-order valence-corrected chi connectivity index (χ2v) is 12.9. The van der Waals surface area contributed by atoms with Crippen LogP contribution in [-0.2, 0) is 6.42 Å². The molecule has 1 aromatic carbocycles. The monoisotopic (exact) mass is 559 g/mol. The van der Waals surface area contributed by atoms with Crippen LogP contribution >= 0.6 is 0 Å². The van der Waals surface area contributed by atoms with Gasteiger partial charge in [-0.3, -0.25) is 9.69 Å². The highest BCUT2D eigenvalue weighted by Crippen LogP contribution is 2.35. The van der Waals surface area contributed by atoms with Crippen LogP contribution in [0.3, 0.4) is 0 Å². The average molecular weight is 560 g/mol. The van der Waals surface area contributed by atoms with Gasteiger partial charge in [-0.25, -0.2) is 4.98 Å². The van der Waals surface area contributed by atoms with Crippen LogP contribution in [0, 0.1) is 11.8 Å². The zero-order valence-corrected chi connectivity index (χ0v) is 25.1. The molecule has 2 saturated heterocycles. The topological polar surface area (TPSA) is 52.2 Å². The van der Waals surface area contributed by atoms with Crippen molar-refractivity contribution in [3.8, 4) is 5.75 Å². The summed E-state index contributed by atoms with van der Waals surface area (Å²) in [6, 6.07) is 10.4. The van der Waals surface area contributed by atoms with Gasteiger partial charge < -0.3 is 19.4 Å². The molecule has 0 atom stereocenters. The number of carbonyl (C=O) groups is 1. The predicted molar refractivity (Wildman–Crippen MR) is 166 cm³/mol. The summed E-state index contributed by atoms with van der Waals surface area (Å²) in [5, 5.41) is 0. The van der Waals surface area contributed by atoms with Gasteiger partial charge in [0, 0.05) is 88.2 Å². The van der Waals surface area contributed by atoms with Gasteiger partial charge in [-0.15, -0.1) is 0 Å². The van der Waals surface area contributed by atoms with Crippen LogP contribution in [0.4, 0.5) is 11.5 Å². The Kier molecular flexibility index (Phi) is 9.42. The molecule has 7 heteroatoms. The number of likely N-dealkylation sites (N-methyl/N-ethyl adjacent to an activating group) is 1. The number of aromatic nitrogens is 1. The Morgan fingerprint density at radius 1 is 0.854 bits per heavy atom. The van der Waals surface area contributed by atoms with E-state index in [1.165, 1.54) is 56.3 Å². The van der Waals surface area contributed by atoms with Gasteiger partial charge >= 0.3 is 0 Å². The third-order valence-corrected chi connectivity index (χ3v) is 10.2. The number of pyridine rings is 1. The lowest BCUT2D eigenvalue weighted by atomic mass is 9.78. The van der Waals surface area contributed by atoms with Crippen molar-refractivity contribution in [2.75, 3.05) is 82.4 Å². The number of nitrogens with zero attached hydrogens (tertiary/aromatic N) is 5. The molecule has 2 aromatic rings. The number of hydrogen-bond donors (Lipinski definition) is 0. The molecule has 4 heterocycles. The maximum atomic E-state index is 12.8. The lowest BCUT2D eigenvalue weighted by Gasteiger charge is -2.37. The van der Waals surface area contributed by atoms with Gasteiger partial charge in [-0.05, 0) is 68.6 Å². The first-order valence-electron chi connectivity index (χ1n) is 16.3. The average Bonchev–Trinajstić information content (AvgIpc) is 3.51. The third-order valence-electron chi connectivity index (χ3n) is 10.2. The molecule has 0 unspecified atom stereocenters. The van der Waals surface area contributed by atoms with Gasteiger partial charge in [0.1, 0.15) is 11.6 Å². The number of ether oxygens (including phenoxy) is 1. The maximum absolute atomic E-state index is 12.8. The molecule has 0 N–H and O–H groups in total. The third kappa shape index (κ3) is 7.23. The first kappa shape index (κ1) is 28.5. The Hall–Kier alpha value is -2.64. The molecular weight excluding hydrogens is 510 g/mol. The molecule has 0 bridgehead atoms. The Balaban J connectivity index is 0.846. The number of carbonyl (C=O) groups excluding carboxylic acids is 1. The van der Waals surface area contributed by atoms with Crippen molar-refractivity contribution in [3.05, 3.63) is 47.7 Å². The van der Waals surface area contributed by atoms with Gasteiger partial charge in [0.25, 0.3) is 0 Å². The van der Waals surface area contributed by atoms with Gasteiger partial charge in [-0.1, -0.05) is 32.1 Å². The number of fused-ring (bicyclic) bond motifs is 1. The zero-order valence-electron chi connectivity index (χ0n) is 25.1. The second kappa shape index (κ2) is 13.6. The molecule has 0 amide bonds. The summed E-state index contributed by atoms with van der Waals surface area (Å²) in [7, 11) is 2.18. The summed E-state index contributed by atoms with van der Waals surface area (Å²) in [5.41, 5.74) is 3.43. The van der Waals surface area contributed by atoms with E-state index in [1.807, 2.05) is 24.4 Å². The first-order valence-corrected chi connectivity index (χ1v) is 16.3. The summed E-state index contributed by atoms with van der Waals surface area (Å²) in [6.07, 6.45) is 12.6. The molecule has 222 valence electrons. The molecule has 0 spiro atoms. The van der Waals surface area contributed by atoms with E-state index in [0.29, 0.717) is 12.2 Å². The SMILES string of the molecule is CN1CCN(c2ccc(C(=O)CCCC3CCC(CCN4CCN(c5nccc6c5CCO6)CC4)CC3)cc2)CC1. The van der Waals surface area contributed by atoms with E-state index in [4.69, 9.17) is 9.72 Å². The number of benzene rings is 1. The fourth-order valence-corrected chi connectivity index (χ4v) is 7.35. The minimum atomic E-state index is 0.310. The van der Waals surface area contributed by atoms with Gasteiger partial charge in [0.15, 0.2) is 5.78 Å². The first-order chi connectivity index (χ1) is 20.1. The molecular formula is C34H49N5O2. The van der Waals surface area contributed by atoms with Crippen molar-refractivity contribution in [2.24, 2.45) is 11.8 Å². The molecule has 0 radical (unpaired) electrons. The quantitative estimate of drug-likeness (QED) is 0.374. The Morgan fingerprint density at radius 2 is 1.54 bits per heavy atom. The van der Waals surface area contributed by atoms with E-state index >= 15 is 0 Å². The van der Waals surface area contributed by atoms with Crippen LogP contribution in [0.5, 0.6) is 5.75 Å². The van der Waals surface area contributed by atoms with E-state index in [1.54, 1.807) is 0 Å². The van der Waals surface area contributed by atoms with E-state index in [-0.39, 0.29) is 0 Å². The van der Waals surface area contributed by atoms with Crippen molar-refractivity contribution >= 4 is 17.3 Å². The zero-order chi connectivity index (χ0) is 28.0. The van der Waals surface area contributed by atoms with Gasteiger partial charge in [-0.2, -0.15) is 0 Å². The van der Waals surface area contributed by atoms with Crippen molar-refractivity contribution in [1.29, 1.82) is 0 Å². The molecule has 6 rings (SSSR count). The highest BCUT2D eigenvalue weighted by Gasteiger charge is 2.26. The van der Waals surface area contributed by atoms with E-state index < -0.39 is 0 Å². The molecule has 4 aliphatic rings. The summed E-state index contributed by atoms with van der Waals surface area (Å²) >= 11 is 0. The molecule has 3 fully saturated rings. The number of Topliss-reactive ketones (excluding diaryl/α,β-unsaturated/α-hetero) is 1. The summed E-state index contributed by atoms with van der Waals surface area (Å²) in [6.45, 7) is 10.7. The van der Waals surface area contributed by atoms with Crippen molar-refractivity contribution in [2.45, 2.75) is 57.8 Å². The minimum Gasteiger partial charge on any atom is -0.493 e. The van der Waals surface area contributed by atoms with Crippen LogP contribution in [0.1, 0.15) is 67.3 Å². The Labute approximate surface area is 246 Å². The van der Waals surface area contributed by atoms with Gasteiger partial charge in [0.2, 0.25) is 0 Å². The fraction of sp³-hybridized carbons (Fsp3) is 0.647. The number of piperazine rings is 2. The minimum absolute atomic E-state index is 0.310. The predicted octanol–water partition coefficient (Wildman–Crippen LogP) is 5.14. The number of hydrogen-bond acceptors (Lipinski definition) is 7. The number of anilines is 2. The van der Waals surface area contributed by atoms with Crippen LogP contribution < -0.4 is 14.5 Å². The fourth-order valence-electron chi connectivity index (χ4n) is 7.35. The summed E-state index contributed by atoms with van der Waals surface area (Å²) < 4.78 is 5.74. The Bertz CT molecular complexity index is 1130. The van der Waals surface area contributed by atoms with Crippen LogP contribution in [0.15, 0.2) is 36.5 Å². The molecule has 1 aromatic heterocycles. The maximum Gasteiger partial charge on any atom is 0.162 e. The van der Waals surface area contributed by atoms with Crippen molar-refractivity contribution in [3.63, 3.8) is 0 Å². The van der Waals surface area contributed by atoms with Crippen LogP contribution in [0.25, 0.3) is 0 Å². The van der Waals surface area contributed by atoms with E-state index in [2.05, 4.69) is 38.8 Å². The van der Waals surface area contributed by atoms with Crippen molar-refractivity contribution in [1.82, 2.24) is 14.8 Å². The summed E-state index contributed by atoms with van der Waals surface area (Å²) in [4.78, 5) is 27.4. The second-order valence-electron chi connectivity index (χ2n) is 12.9. The highest BCUT2D eigenvalue weighted by atomic mass is 16.5. The molecule has 7 nitrogen and oxygen atoms in total. The van der Waals surface area contributed by atoms with Crippen LogP contribution in [0.2, 0.25) is 0 Å². The number of ketones is 1. The smallest absolute Gasteiger partial charge is 0.162 e. The van der Waals surface area contributed by atoms with E-state index in [9.17, 15) is 4.79 Å². The largest absolute Gasteiger partial charge is 0.493 e. The molecule has 41 heavy (non-hydrogen) atoms. The Morgan fingerprint density at radius 3 is 2.27 bits per heavy atom. The molecule has 1 saturated carbocycles. The van der Waals surface area contributed by atoms with Crippen molar-refractivity contribution < 1.29 is 9.53 Å².